The normalized spacial score (nSPS) is 26.5. The van der Waals surface area contributed by atoms with Gasteiger partial charge in [0.2, 0.25) is 11.8 Å². The first kappa shape index (κ1) is 19.4. The Labute approximate surface area is 175 Å². The summed E-state index contributed by atoms with van der Waals surface area (Å²) in [5, 5.41) is 5.78. The average Bonchev–Trinajstić information content (AvgIpc) is 3.39. The first-order valence-electron chi connectivity index (χ1n) is 10.8. The minimum Gasteiger partial charge on any atom is -0.313 e. The molecule has 2 saturated heterocycles. The number of fused-ring (bicyclic) bond motifs is 1. The van der Waals surface area contributed by atoms with Crippen LogP contribution in [-0.4, -0.2) is 64.6 Å². The number of benzene rings is 1. The van der Waals surface area contributed by atoms with Gasteiger partial charge >= 0.3 is 0 Å². The van der Waals surface area contributed by atoms with E-state index in [9.17, 15) is 19.2 Å². The van der Waals surface area contributed by atoms with Crippen LogP contribution in [0, 0.1) is 0 Å². The number of nitrogens with one attached hydrogen (secondary N) is 2. The zero-order chi connectivity index (χ0) is 20.8. The summed E-state index contributed by atoms with van der Waals surface area (Å²) < 4.78 is 0. The maximum absolute atomic E-state index is 13.0. The molecule has 1 aromatic rings. The van der Waals surface area contributed by atoms with Crippen LogP contribution in [0.1, 0.15) is 64.8 Å². The first-order chi connectivity index (χ1) is 14.5. The molecule has 2 N–H and O–H groups in total. The van der Waals surface area contributed by atoms with Gasteiger partial charge in [-0.05, 0) is 56.3 Å². The highest BCUT2D eigenvalue weighted by atomic mass is 16.2. The van der Waals surface area contributed by atoms with Crippen molar-refractivity contribution in [3.8, 4) is 0 Å². The number of hydrogen-bond acceptors (Lipinski definition) is 6. The van der Waals surface area contributed by atoms with Gasteiger partial charge in [-0.2, -0.15) is 0 Å². The van der Waals surface area contributed by atoms with Crippen molar-refractivity contribution >= 4 is 23.6 Å². The van der Waals surface area contributed by atoms with Crippen molar-refractivity contribution in [2.24, 2.45) is 0 Å². The molecule has 1 aliphatic carbocycles. The number of nitrogens with zero attached hydrogens (tertiary/aromatic N) is 2. The summed E-state index contributed by atoms with van der Waals surface area (Å²) in [6.07, 6.45) is 5.13. The van der Waals surface area contributed by atoms with Gasteiger partial charge in [-0.3, -0.25) is 34.3 Å². The van der Waals surface area contributed by atoms with Gasteiger partial charge < -0.3 is 5.32 Å². The summed E-state index contributed by atoms with van der Waals surface area (Å²) >= 11 is 0. The zero-order valence-electron chi connectivity index (χ0n) is 16.9. The lowest BCUT2D eigenvalue weighted by molar-refractivity contribution is -0.136. The van der Waals surface area contributed by atoms with Crippen molar-refractivity contribution in [1.82, 2.24) is 20.4 Å². The SMILES string of the molecule is O=C1CCC(N2C(=O)c3ccc(CN(CC4CCCN4)C4CC4)cc3C2=O)C(=O)N1. The van der Waals surface area contributed by atoms with Crippen molar-refractivity contribution in [3.63, 3.8) is 0 Å². The Bertz CT molecular complexity index is 920. The molecule has 3 heterocycles. The highest BCUT2D eigenvalue weighted by molar-refractivity contribution is 6.23. The van der Waals surface area contributed by atoms with Gasteiger partial charge in [-0.15, -0.1) is 0 Å². The van der Waals surface area contributed by atoms with Crippen molar-refractivity contribution in [2.45, 2.75) is 63.2 Å². The van der Waals surface area contributed by atoms with Crippen LogP contribution in [0.25, 0.3) is 0 Å². The molecule has 3 fully saturated rings. The lowest BCUT2D eigenvalue weighted by Gasteiger charge is -2.27. The Hall–Kier alpha value is -2.58. The second-order valence-electron chi connectivity index (χ2n) is 8.78. The lowest BCUT2D eigenvalue weighted by Crippen LogP contribution is -2.54. The van der Waals surface area contributed by atoms with E-state index < -0.39 is 23.8 Å². The molecule has 158 valence electrons. The quantitative estimate of drug-likeness (QED) is 0.674. The van der Waals surface area contributed by atoms with Crippen molar-refractivity contribution < 1.29 is 19.2 Å². The zero-order valence-corrected chi connectivity index (χ0v) is 16.9. The van der Waals surface area contributed by atoms with E-state index in [0.29, 0.717) is 23.2 Å². The smallest absolute Gasteiger partial charge is 0.262 e. The van der Waals surface area contributed by atoms with E-state index in [2.05, 4.69) is 15.5 Å². The molecule has 0 radical (unpaired) electrons. The molecule has 3 aliphatic heterocycles. The van der Waals surface area contributed by atoms with Crippen LogP contribution in [0.3, 0.4) is 0 Å². The number of piperidine rings is 1. The number of hydrogen-bond donors (Lipinski definition) is 2. The van der Waals surface area contributed by atoms with Crippen molar-refractivity contribution in [2.75, 3.05) is 13.1 Å². The molecular weight excluding hydrogens is 384 g/mol. The molecule has 4 amide bonds. The van der Waals surface area contributed by atoms with Gasteiger partial charge in [0.15, 0.2) is 0 Å². The molecule has 8 heteroatoms. The predicted molar refractivity (Wildman–Crippen MR) is 108 cm³/mol. The van der Waals surface area contributed by atoms with E-state index in [1.165, 1.54) is 25.7 Å². The first-order valence-corrected chi connectivity index (χ1v) is 10.8. The van der Waals surface area contributed by atoms with E-state index in [1.54, 1.807) is 12.1 Å². The summed E-state index contributed by atoms with van der Waals surface area (Å²) in [5.74, 6) is -1.84. The van der Waals surface area contributed by atoms with Crippen molar-refractivity contribution in [3.05, 3.63) is 34.9 Å². The van der Waals surface area contributed by atoms with Crippen LogP contribution < -0.4 is 10.6 Å². The number of rotatable bonds is 6. The second kappa shape index (κ2) is 7.59. The molecule has 2 unspecified atom stereocenters. The van der Waals surface area contributed by atoms with Crippen LogP contribution in [0.4, 0.5) is 0 Å². The minimum atomic E-state index is -0.921. The Morgan fingerprint density at radius 1 is 1.00 bits per heavy atom. The predicted octanol–water partition coefficient (Wildman–Crippen LogP) is 0.804. The molecule has 1 saturated carbocycles. The molecule has 4 aliphatic rings. The maximum Gasteiger partial charge on any atom is 0.262 e. The van der Waals surface area contributed by atoms with E-state index in [4.69, 9.17) is 0 Å². The summed E-state index contributed by atoms with van der Waals surface area (Å²) in [6.45, 7) is 2.82. The van der Waals surface area contributed by atoms with Gasteiger partial charge in [-0.1, -0.05) is 6.07 Å². The second-order valence-corrected chi connectivity index (χ2v) is 8.78. The average molecular weight is 410 g/mol. The van der Waals surface area contributed by atoms with Crippen LogP contribution in [-0.2, 0) is 16.1 Å². The molecular formula is C22H26N4O4. The van der Waals surface area contributed by atoms with Crippen molar-refractivity contribution in [1.29, 1.82) is 0 Å². The summed E-state index contributed by atoms with van der Waals surface area (Å²) in [4.78, 5) is 53.0. The third kappa shape index (κ3) is 3.54. The molecule has 0 spiro atoms. The molecule has 1 aromatic carbocycles. The Kier molecular flexibility index (Phi) is 4.91. The van der Waals surface area contributed by atoms with E-state index >= 15 is 0 Å². The Morgan fingerprint density at radius 2 is 1.80 bits per heavy atom. The molecule has 2 atom stereocenters. The molecule has 0 bridgehead atoms. The fraction of sp³-hybridized carbons (Fsp3) is 0.545. The highest BCUT2D eigenvalue weighted by Gasteiger charge is 2.44. The van der Waals surface area contributed by atoms with Crippen LogP contribution in [0.2, 0.25) is 0 Å². The minimum absolute atomic E-state index is 0.126. The topological polar surface area (TPSA) is 98.8 Å². The highest BCUT2D eigenvalue weighted by Crippen LogP contribution is 2.32. The Morgan fingerprint density at radius 3 is 2.50 bits per heavy atom. The van der Waals surface area contributed by atoms with Gasteiger partial charge in [0.05, 0.1) is 11.1 Å². The van der Waals surface area contributed by atoms with Gasteiger partial charge in [-0.25, -0.2) is 0 Å². The van der Waals surface area contributed by atoms with Gasteiger partial charge in [0.1, 0.15) is 6.04 Å². The third-order valence-corrected chi connectivity index (χ3v) is 6.57. The molecule has 8 nitrogen and oxygen atoms in total. The van der Waals surface area contributed by atoms with Gasteiger partial charge in [0.25, 0.3) is 11.8 Å². The largest absolute Gasteiger partial charge is 0.313 e. The fourth-order valence-corrected chi connectivity index (χ4v) is 4.83. The molecule has 30 heavy (non-hydrogen) atoms. The van der Waals surface area contributed by atoms with E-state index in [1.807, 2.05) is 6.07 Å². The number of amides is 4. The van der Waals surface area contributed by atoms with E-state index in [0.717, 1.165) is 30.1 Å². The third-order valence-electron chi connectivity index (χ3n) is 6.57. The molecule has 0 aromatic heterocycles. The summed E-state index contributed by atoms with van der Waals surface area (Å²) in [5.41, 5.74) is 1.70. The number of carbonyl (C=O) groups excluding carboxylic acids is 4. The van der Waals surface area contributed by atoms with Gasteiger partial charge in [0, 0.05) is 31.6 Å². The maximum atomic E-state index is 13.0. The standard InChI is InChI=1S/C22H26N4O4/c27-19-8-7-18(20(28)24-19)26-21(29)16-6-3-13(10-17(16)22(26)30)11-25(15-4-5-15)12-14-2-1-9-23-14/h3,6,10,14-15,18,23H,1-2,4-5,7-9,11-12H2,(H,24,27,28). The summed E-state index contributed by atoms with van der Waals surface area (Å²) in [7, 11) is 0. The fourth-order valence-electron chi connectivity index (χ4n) is 4.83. The van der Waals surface area contributed by atoms with Crippen LogP contribution in [0.5, 0.6) is 0 Å². The van der Waals surface area contributed by atoms with Crippen LogP contribution in [0.15, 0.2) is 18.2 Å². The number of carbonyl (C=O) groups is 4. The number of imide groups is 2. The summed E-state index contributed by atoms with van der Waals surface area (Å²) in [6, 6.07) is 5.61. The van der Waals surface area contributed by atoms with E-state index in [-0.39, 0.29) is 18.7 Å². The molecule has 5 rings (SSSR count). The Balaban J connectivity index is 1.34. The van der Waals surface area contributed by atoms with Crippen LogP contribution >= 0.6 is 0 Å². The lowest BCUT2D eigenvalue weighted by atomic mass is 10.0. The monoisotopic (exact) mass is 410 g/mol.